The molecule has 2 aromatic heterocycles. The van der Waals surface area contributed by atoms with Gasteiger partial charge in [0.1, 0.15) is 24.1 Å². The fourth-order valence-electron chi connectivity index (χ4n) is 2.97. The lowest BCUT2D eigenvalue weighted by atomic mass is 10.1. The molecule has 0 saturated heterocycles. The molecule has 2 heterocycles. The van der Waals surface area contributed by atoms with Gasteiger partial charge in [-0.1, -0.05) is 0 Å². The highest BCUT2D eigenvalue weighted by Crippen LogP contribution is 2.39. The Balaban J connectivity index is 1.83. The number of nitrogens with one attached hydrogen (secondary N) is 1. The molecule has 4 rings (SSSR count). The second-order valence-electron chi connectivity index (χ2n) is 6.08. The summed E-state index contributed by atoms with van der Waals surface area (Å²) in [5.41, 5.74) is 6.15. The van der Waals surface area contributed by atoms with Crippen LogP contribution in [-0.2, 0) is 0 Å². The molecule has 0 aliphatic heterocycles. The van der Waals surface area contributed by atoms with E-state index in [1.165, 1.54) is 10.9 Å². The van der Waals surface area contributed by atoms with Crippen molar-refractivity contribution < 1.29 is 19.7 Å². The van der Waals surface area contributed by atoms with E-state index >= 15 is 0 Å². The highest BCUT2D eigenvalue weighted by Gasteiger charge is 2.43. The average molecular weight is 336 g/mol. The number of fused-ring (bicyclic) bond motifs is 1. The predicted octanol–water partition coefficient (Wildman–Crippen LogP) is -0.525. The van der Waals surface area contributed by atoms with E-state index in [1.54, 1.807) is 0 Å². The Morgan fingerprint density at radius 1 is 1.33 bits per heavy atom. The van der Waals surface area contributed by atoms with Crippen LogP contribution in [0, 0.1) is 0 Å². The lowest BCUT2D eigenvalue weighted by molar-refractivity contribution is 0.0262. The SMILES string of the molecule is Nc1nc(NC2CC2)c2ncn([C@@H]3C(F)=C(CO)[C@@H](O)[C@H]3O)c2n1. The summed E-state index contributed by atoms with van der Waals surface area (Å²) in [6.45, 7) is -0.682. The number of imidazole rings is 1. The Morgan fingerprint density at radius 2 is 2.08 bits per heavy atom. The number of aromatic nitrogens is 4. The Morgan fingerprint density at radius 3 is 2.71 bits per heavy atom. The monoisotopic (exact) mass is 336 g/mol. The van der Waals surface area contributed by atoms with Gasteiger partial charge in [-0.2, -0.15) is 9.97 Å². The molecule has 0 radical (unpaired) electrons. The fraction of sp³-hybridized carbons (Fsp3) is 0.500. The normalized spacial score (nSPS) is 27.2. The van der Waals surface area contributed by atoms with Crippen LogP contribution in [0.2, 0.25) is 0 Å². The molecule has 0 spiro atoms. The molecule has 128 valence electrons. The topological polar surface area (TPSA) is 142 Å². The van der Waals surface area contributed by atoms with Crippen molar-refractivity contribution in [3.8, 4) is 0 Å². The number of halogens is 1. The smallest absolute Gasteiger partial charge is 0.224 e. The van der Waals surface area contributed by atoms with Crippen molar-refractivity contribution in [1.82, 2.24) is 19.5 Å². The van der Waals surface area contributed by atoms with Crippen LogP contribution in [0.15, 0.2) is 17.7 Å². The first-order valence-electron chi connectivity index (χ1n) is 7.63. The van der Waals surface area contributed by atoms with Crippen molar-refractivity contribution in [3.05, 3.63) is 17.7 Å². The van der Waals surface area contributed by atoms with Crippen molar-refractivity contribution in [2.75, 3.05) is 17.7 Å². The highest BCUT2D eigenvalue weighted by atomic mass is 19.1. The van der Waals surface area contributed by atoms with Crippen LogP contribution < -0.4 is 11.1 Å². The first kappa shape index (κ1) is 15.2. The molecule has 0 aromatic carbocycles. The summed E-state index contributed by atoms with van der Waals surface area (Å²) in [6, 6.07) is -0.917. The van der Waals surface area contributed by atoms with Gasteiger partial charge in [-0.05, 0) is 12.8 Å². The Bertz CT molecular complexity index is 833. The molecule has 9 nitrogen and oxygen atoms in total. The number of nitrogens with zero attached hydrogens (tertiary/aromatic N) is 4. The van der Waals surface area contributed by atoms with E-state index in [0.29, 0.717) is 17.4 Å². The maximum atomic E-state index is 14.5. The number of nitrogen functional groups attached to an aromatic ring is 1. The standard InChI is InChI=1S/C14H17FN6O3/c15-7-6(3-22)10(23)11(24)9(7)21-4-17-8-12(18-5-1-2-5)19-14(16)20-13(8)21/h4-5,9-11,22-24H,1-3H2,(H3,16,18,19,20)/t9-,10-,11+/m1/s1. The van der Waals surface area contributed by atoms with E-state index in [-0.39, 0.29) is 17.2 Å². The number of hydrogen-bond donors (Lipinski definition) is 5. The average Bonchev–Trinajstić information content (AvgIpc) is 3.22. The molecule has 1 fully saturated rings. The largest absolute Gasteiger partial charge is 0.392 e. The van der Waals surface area contributed by atoms with Crippen LogP contribution in [0.4, 0.5) is 16.2 Å². The van der Waals surface area contributed by atoms with Crippen LogP contribution in [0.1, 0.15) is 18.9 Å². The predicted molar refractivity (Wildman–Crippen MR) is 82.7 cm³/mol. The number of rotatable bonds is 4. The molecule has 6 N–H and O–H groups in total. The summed E-state index contributed by atoms with van der Waals surface area (Å²) < 4.78 is 15.8. The van der Waals surface area contributed by atoms with E-state index in [1.807, 2.05) is 0 Å². The molecule has 1 saturated carbocycles. The van der Waals surface area contributed by atoms with Gasteiger partial charge in [0.15, 0.2) is 17.0 Å². The lowest BCUT2D eigenvalue weighted by Crippen LogP contribution is -2.30. The van der Waals surface area contributed by atoms with Gasteiger partial charge in [-0.25, -0.2) is 9.37 Å². The quantitative estimate of drug-likeness (QED) is 0.502. The molecule has 0 unspecified atom stereocenters. The number of aliphatic hydroxyl groups excluding tert-OH is 3. The number of aliphatic hydroxyl groups is 3. The summed E-state index contributed by atoms with van der Waals surface area (Å²) in [6.07, 6.45) is 0.423. The second kappa shape index (κ2) is 5.36. The van der Waals surface area contributed by atoms with Crippen molar-refractivity contribution in [2.45, 2.75) is 37.1 Å². The van der Waals surface area contributed by atoms with Gasteiger partial charge in [0.2, 0.25) is 5.95 Å². The van der Waals surface area contributed by atoms with E-state index in [4.69, 9.17) is 5.73 Å². The summed E-state index contributed by atoms with van der Waals surface area (Å²) in [4.78, 5) is 12.4. The van der Waals surface area contributed by atoms with Crippen LogP contribution >= 0.6 is 0 Å². The molecule has 10 heteroatoms. The van der Waals surface area contributed by atoms with Crippen molar-refractivity contribution in [2.24, 2.45) is 0 Å². The first-order valence-corrected chi connectivity index (χ1v) is 7.63. The third-order valence-electron chi connectivity index (χ3n) is 4.40. The van der Waals surface area contributed by atoms with E-state index in [0.717, 1.165) is 12.8 Å². The molecular weight excluding hydrogens is 319 g/mol. The summed E-state index contributed by atoms with van der Waals surface area (Å²) in [5.74, 6) is -0.351. The third-order valence-corrected chi connectivity index (χ3v) is 4.40. The molecule has 2 aliphatic carbocycles. The fourth-order valence-corrected chi connectivity index (χ4v) is 2.97. The molecule has 2 aromatic rings. The zero-order valence-corrected chi connectivity index (χ0v) is 12.6. The first-order chi connectivity index (χ1) is 11.5. The van der Waals surface area contributed by atoms with Crippen molar-refractivity contribution in [3.63, 3.8) is 0 Å². The summed E-state index contributed by atoms with van der Waals surface area (Å²) in [5, 5.41) is 32.5. The van der Waals surface area contributed by atoms with Crippen LogP contribution in [0.25, 0.3) is 11.2 Å². The minimum Gasteiger partial charge on any atom is -0.392 e. The van der Waals surface area contributed by atoms with Gasteiger partial charge < -0.3 is 30.9 Å². The minimum atomic E-state index is -1.49. The third kappa shape index (κ3) is 2.22. The maximum absolute atomic E-state index is 14.5. The molecule has 0 bridgehead atoms. The van der Waals surface area contributed by atoms with Gasteiger partial charge in [0.25, 0.3) is 0 Å². The lowest BCUT2D eigenvalue weighted by Gasteiger charge is -2.19. The molecule has 0 amide bonds. The minimum absolute atomic E-state index is 0.00722. The van der Waals surface area contributed by atoms with Gasteiger partial charge >= 0.3 is 0 Å². The number of anilines is 2. The molecular formula is C14H17FN6O3. The second-order valence-corrected chi connectivity index (χ2v) is 6.08. The van der Waals surface area contributed by atoms with Crippen molar-refractivity contribution >= 4 is 22.9 Å². The van der Waals surface area contributed by atoms with Crippen LogP contribution in [0.3, 0.4) is 0 Å². The number of nitrogens with two attached hydrogens (primary N) is 1. The Kier molecular flexibility index (Phi) is 3.41. The molecule has 24 heavy (non-hydrogen) atoms. The van der Waals surface area contributed by atoms with Gasteiger partial charge in [0, 0.05) is 11.6 Å². The summed E-state index contributed by atoms with van der Waals surface area (Å²) in [7, 11) is 0. The van der Waals surface area contributed by atoms with Crippen LogP contribution in [-0.4, -0.2) is 59.7 Å². The van der Waals surface area contributed by atoms with E-state index in [9.17, 15) is 19.7 Å². The van der Waals surface area contributed by atoms with Crippen LogP contribution in [0.5, 0.6) is 0 Å². The number of hydrogen-bond acceptors (Lipinski definition) is 8. The van der Waals surface area contributed by atoms with Gasteiger partial charge in [0.05, 0.1) is 12.9 Å². The van der Waals surface area contributed by atoms with Gasteiger partial charge in [-0.15, -0.1) is 0 Å². The Hall–Kier alpha value is -2.30. The van der Waals surface area contributed by atoms with Gasteiger partial charge in [-0.3, -0.25) is 0 Å². The van der Waals surface area contributed by atoms with Crippen molar-refractivity contribution in [1.29, 1.82) is 0 Å². The zero-order valence-electron chi connectivity index (χ0n) is 12.6. The zero-order chi connectivity index (χ0) is 17.0. The molecule has 2 aliphatic rings. The molecule has 3 atom stereocenters. The van der Waals surface area contributed by atoms with E-state index in [2.05, 4.69) is 20.3 Å². The van der Waals surface area contributed by atoms with E-state index < -0.39 is 30.7 Å². The summed E-state index contributed by atoms with van der Waals surface area (Å²) >= 11 is 0. The highest BCUT2D eigenvalue weighted by molar-refractivity contribution is 5.84. The maximum Gasteiger partial charge on any atom is 0.224 e. The Labute approximate surface area is 135 Å².